The zero-order valence-corrected chi connectivity index (χ0v) is 22.6. The van der Waals surface area contributed by atoms with Crippen LogP contribution in [0, 0.1) is 13.8 Å². The molecule has 5 rings (SSSR count). The Bertz CT molecular complexity index is 1380. The second-order valence-electron chi connectivity index (χ2n) is 10.1. The van der Waals surface area contributed by atoms with Gasteiger partial charge in [0.2, 0.25) is 0 Å². The molecule has 0 bridgehead atoms. The molecule has 1 N–H and O–H groups in total. The van der Waals surface area contributed by atoms with Crippen LogP contribution in [0.15, 0.2) is 71.9 Å². The van der Waals surface area contributed by atoms with Crippen molar-refractivity contribution < 1.29 is 13.5 Å². The first-order valence-electron chi connectivity index (χ1n) is 13.1. The second-order valence-corrected chi connectivity index (χ2v) is 12.0. The summed E-state index contributed by atoms with van der Waals surface area (Å²) in [5.74, 6) is 0.0439. The van der Waals surface area contributed by atoms with Crippen molar-refractivity contribution in [2.24, 2.45) is 0 Å². The van der Waals surface area contributed by atoms with E-state index in [1.807, 2.05) is 19.1 Å². The van der Waals surface area contributed by atoms with Gasteiger partial charge in [-0.15, -0.1) is 0 Å². The molecule has 2 aliphatic rings. The van der Waals surface area contributed by atoms with E-state index in [9.17, 15) is 13.5 Å². The molecule has 1 aromatic heterocycles. The Morgan fingerprint density at radius 2 is 1.78 bits per heavy atom. The molecular formula is C29H36N4O3S. The van der Waals surface area contributed by atoms with Crippen LogP contribution in [0.3, 0.4) is 0 Å². The van der Waals surface area contributed by atoms with E-state index in [1.54, 1.807) is 21.3 Å². The Hall–Kier alpha value is -2.78. The summed E-state index contributed by atoms with van der Waals surface area (Å²) in [4.78, 5) is 2.23. The van der Waals surface area contributed by atoms with Crippen LogP contribution in [0.5, 0.6) is 0 Å². The molecule has 0 unspecified atom stereocenters. The highest BCUT2D eigenvalue weighted by Crippen LogP contribution is 2.42. The van der Waals surface area contributed by atoms with Crippen molar-refractivity contribution >= 4 is 10.0 Å². The SMILES string of the molecule is CCCn1nccc1S(=O)(=O)N1C/C=C\CN2[C@H](CO)[C@@H](c3ccc(-c4cccc(C)c4C)cc3)[C@@H]2C1. The summed E-state index contributed by atoms with van der Waals surface area (Å²) >= 11 is 0. The number of hydrogen-bond acceptors (Lipinski definition) is 5. The number of aliphatic hydroxyl groups excluding tert-OH is 1. The summed E-state index contributed by atoms with van der Waals surface area (Å²) in [5.41, 5.74) is 6.05. The molecule has 0 saturated carbocycles. The standard InChI is InChI=1S/C29H36N4O3S/c1-4-16-33-28(14-15-30-33)37(35,36)31-17-5-6-18-32-26(19-31)29(27(32)20-34)24-12-10-23(11-13-24)25-9-7-8-21(2)22(25)3/h5-15,26-27,29,34H,4,16-20H2,1-3H3/b6-5-/t26-,27+,29-/m0/s1. The van der Waals surface area contributed by atoms with E-state index in [0.717, 1.165) is 17.5 Å². The number of sulfonamides is 1. The van der Waals surface area contributed by atoms with Gasteiger partial charge in [-0.2, -0.15) is 9.40 Å². The van der Waals surface area contributed by atoms with Crippen LogP contribution in [0.25, 0.3) is 11.1 Å². The van der Waals surface area contributed by atoms with Crippen LogP contribution in [-0.2, 0) is 16.6 Å². The number of rotatable bonds is 7. The Labute approximate surface area is 220 Å². The Morgan fingerprint density at radius 3 is 2.51 bits per heavy atom. The van der Waals surface area contributed by atoms with Crippen molar-refractivity contribution in [1.82, 2.24) is 19.0 Å². The first-order valence-corrected chi connectivity index (χ1v) is 14.5. The summed E-state index contributed by atoms with van der Waals surface area (Å²) in [6.07, 6.45) is 6.29. The van der Waals surface area contributed by atoms with E-state index in [4.69, 9.17) is 0 Å². The Morgan fingerprint density at radius 1 is 1.03 bits per heavy atom. The number of aromatic nitrogens is 2. The molecule has 3 heterocycles. The number of hydrogen-bond donors (Lipinski definition) is 1. The van der Waals surface area contributed by atoms with E-state index in [0.29, 0.717) is 26.2 Å². The van der Waals surface area contributed by atoms with E-state index in [1.165, 1.54) is 16.7 Å². The monoisotopic (exact) mass is 520 g/mol. The van der Waals surface area contributed by atoms with Crippen LogP contribution >= 0.6 is 0 Å². The van der Waals surface area contributed by atoms with Crippen molar-refractivity contribution in [2.45, 2.75) is 56.8 Å². The van der Waals surface area contributed by atoms with Gasteiger partial charge in [0.05, 0.1) is 12.8 Å². The topological polar surface area (TPSA) is 78.7 Å². The fourth-order valence-electron chi connectivity index (χ4n) is 5.83. The van der Waals surface area contributed by atoms with Gasteiger partial charge >= 0.3 is 0 Å². The predicted molar refractivity (Wildman–Crippen MR) is 146 cm³/mol. The molecule has 0 spiro atoms. The summed E-state index contributed by atoms with van der Waals surface area (Å²) < 4.78 is 30.6. The van der Waals surface area contributed by atoms with Gasteiger partial charge in [-0.25, -0.2) is 8.42 Å². The van der Waals surface area contributed by atoms with Crippen LogP contribution in [-0.4, -0.2) is 70.8 Å². The molecule has 1 saturated heterocycles. The van der Waals surface area contributed by atoms with Gasteiger partial charge in [-0.1, -0.05) is 61.5 Å². The maximum absolute atomic E-state index is 13.7. The van der Waals surface area contributed by atoms with Gasteiger partial charge in [0.25, 0.3) is 10.0 Å². The molecule has 7 nitrogen and oxygen atoms in total. The largest absolute Gasteiger partial charge is 0.395 e. The lowest BCUT2D eigenvalue weighted by atomic mass is 9.74. The van der Waals surface area contributed by atoms with Crippen LogP contribution in [0.1, 0.15) is 36.0 Å². The number of benzene rings is 2. The maximum Gasteiger partial charge on any atom is 0.260 e. The first-order chi connectivity index (χ1) is 17.9. The van der Waals surface area contributed by atoms with Crippen molar-refractivity contribution in [3.63, 3.8) is 0 Å². The lowest BCUT2D eigenvalue weighted by Crippen LogP contribution is -2.67. The molecule has 1 fully saturated rings. The van der Waals surface area contributed by atoms with Gasteiger partial charge in [0.1, 0.15) is 0 Å². The molecule has 37 heavy (non-hydrogen) atoms. The minimum atomic E-state index is -3.72. The van der Waals surface area contributed by atoms with Crippen molar-refractivity contribution in [2.75, 3.05) is 26.2 Å². The first kappa shape index (κ1) is 25.9. The molecule has 3 atom stereocenters. The summed E-state index contributed by atoms with van der Waals surface area (Å²) in [7, 11) is -3.72. The Kier molecular flexibility index (Phi) is 7.36. The molecule has 8 heteroatoms. The number of aliphatic hydroxyl groups is 1. The highest BCUT2D eigenvalue weighted by molar-refractivity contribution is 7.89. The molecule has 0 radical (unpaired) electrons. The minimum absolute atomic E-state index is 0.0222. The van der Waals surface area contributed by atoms with Crippen molar-refractivity contribution in [3.8, 4) is 11.1 Å². The van der Waals surface area contributed by atoms with E-state index in [-0.39, 0.29) is 29.6 Å². The molecule has 2 aliphatic heterocycles. The number of fused-ring (bicyclic) bond motifs is 1. The number of aryl methyl sites for hydroxylation is 2. The van der Waals surface area contributed by atoms with Crippen LogP contribution < -0.4 is 0 Å². The summed E-state index contributed by atoms with van der Waals surface area (Å²) in [6, 6.07) is 16.5. The lowest BCUT2D eigenvalue weighted by Gasteiger charge is -2.56. The average Bonchev–Trinajstić information content (AvgIpc) is 3.35. The van der Waals surface area contributed by atoms with Crippen molar-refractivity contribution in [3.05, 3.63) is 83.6 Å². The van der Waals surface area contributed by atoms with E-state index < -0.39 is 10.0 Å². The van der Waals surface area contributed by atoms with Gasteiger partial charge in [0.15, 0.2) is 5.03 Å². The van der Waals surface area contributed by atoms with Crippen LogP contribution in [0.4, 0.5) is 0 Å². The molecule has 2 aromatic carbocycles. The number of nitrogens with zero attached hydrogens (tertiary/aromatic N) is 4. The molecule has 196 valence electrons. The third-order valence-electron chi connectivity index (χ3n) is 7.98. The van der Waals surface area contributed by atoms with Gasteiger partial charge < -0.3 is 5.11 Å². The second kappa shape index (κ2) is 10.5. The van der Waals surface area contributed by atoms with Crippen molar-refractivity contribution in [1.29, 1.82) is 0 Å². The highest BCUT2D eigenvalue weighted by Gasteiger charge is 2.50. The smallest absolute Gasteiger partial charge is 0.260 e. The molecular weight excluding hydrogens is 484 g/mol. The fourth-order valence-corrected chi connectivity index (χ4v) is 7.37. The maximum atomic E-state index is 13.7. The summed E-state index contributed by atoms with van der Waals surface area (Å²) in [5, 5.41) is 14.8. The van der Waals surface area contributed by atoms with Gasteiger partial charge in [-0.3, -0.25) is 9.58 Å². The average molecular weight is 521 g/mol. The molecule has 0 amide bonds. The molecule has 3 aromatic rings. The minimum Gasteiger partial charge on any atom is -0.395 e. The van der Waals surface area contributed by atoms with Gasteiger partial charge in [0, 0.05) is 44.2 Å². The van der Waals surface area contributed by atoms with E-state index >= 15 is 0 Å². The van der Waals surface area contributed by atoms with Gasteiger partial charge in [-0.05, 0) is 54.2 Å². The fraction of sp³-hybridized carbons (Fsp3) is 0.414. The normalized spacial score (nSPS) is 23.6. The zero-order valence-electron chi connectivity index (χ0n) is 21.8. The summed E-state index contributed by atoms with van der Waals surface area (Å²) in [6.45, 7) is 8.26. The lowest BCUT2D eigenvalue weighted by molar-refractivity contribution is -0.0415. The predicted octanol–water partition coefficient (Wildman–Crippen LogP) is 3.97. The Balaban J connectivity index is 1.44. The zero-order chi connectivity index (χ0) is 26.2. The van der Waals surface area contributed by atoms with E-state index in [2.05, 4.69) is 66.3 Å². The third kappa shape index (κ3) is 4.68. The molecule has 0 aliphatic carbocycles. The highest BCUT2D eigenvalue weighted by atomic mass is 32.2. The third-order valence-corrected chi connectivity index (χ3v) is 9.83. The van der Waals surface area contributed by atoms with Crippen LogP contribution in [0.2, 0.25) is 0 Å². The quantitative estimate of drug-likeness (QED) is 0.477.